The molecule has 0 fully saturated rings. The van der Waals surface area contributed by atoms with E-state index in [-0.39, 0.29) is 0 Å². The van der Waals surface area contributed by atoms with Crippen molar-refractivity contribution in [1.29, 1.82) is 5.26 Å². The zero-order chi connectivity index (χ0) is 6.69. The summed E-state index contributed by atoms with van der Waals surface area (Å²) < 4.78 is 1.17. The van der Waals surface area contributed by atoms with Gasteiger partial charge in [0.25, 0.3) is 0 Å². The maximum atomic E-state index is 8.26. The van der Waals surface area contributed by atoms with Crippen molar-refractivity contribution in [3.05, 3.63) is 18.0 Å². The second-order valence-corrected chi connectivity index (χ2v) is 1.60. The molecule has 0 aliphatic carbocycles. The van der Waals surface area contributed by atoms with Crippen molar-refractivity contribution in [2.45, 2.75) is 6.54 Å². The highest BCUT2D eigenvalue weighted by molar-refractivity contribution is 5.05. The Morgan fingerprint density at radius 2 is 2.67 bits per heavy atom. The van der Waals surface area contributed by atoms with E-state index in [0.717, 1.165) is 5.56 Å². The third-order valence-corrected chi connectivity index (χ3v) is 0.974. The van der Waals surface area contributed by atoms with Crippen LogP contribution in [0.5, 0.6) is 0 Å². The lowest BCUT2D eigenvalue weighted by Gasteiger charge is -1.79. The molecule has 0 atom stereocenters. The van der Waals surface area contributed by atoms with Crippen LogP contribution in [0, 0.1) is 11.5 Å². The van der Waals surface area contributed by atoms with Crippen LogP contribution in [-0.4, -0.2) is 9.78 Å². The first-order valence-corrected chi connectivity index (χ1v) is 2.50. The predicted octanol–water partition coefficient (Wildman–Crippen LogP) is -0.329. The van der Waals surface area contributed by atoms with Crippen molar-refractivity contribution >= 4 is 0 Å². The summed E-state index contributed by atoms with van der Waals surface area (Å²) in [6.07, 6.45) is 5.00. The first kappa shape index (κ1) is 5.79. The molecule has 0 saturated carbocycles. The topological polar surface area (TPSA) is 67.6 Å². The minimum atomic E-state index is 0.432. The van der Waals surface area contributed by atoms with Gasteiger partial charge < -0.3 is 5.73 Å². The Labute approximate surface area is 52.5 Å². The van der Waals surface area contributed by atoms with Crippen molar-refractivity contribution in [3.8, 4) is 6.19 Å². The molecule has 2 N–H and O–H groups in total. The zero-order valence-electron chi connectivity index (χ0n) is 4.78. The highest BCUT2D eigenvalue weighted by atomic mass is 15.3. The van der Waals surface area contributed by atoms with Crippen LogP contribution in [0.1, 0.15) is 5.56 Å². The smallest absolute Gasteiger partial charge is 0.206 e. The number of nitrogens with zero attached hydrogens (tertiary/aromatic N) is 3. The van der Waals surface area contributed by atoms with Gasteiger partial charge in [0.2, 0.25) is 6.19 Å². The molecule has 0 unspecified atom stereocenters. The molecule has 0 bridgehead atoms. The van der Waals surface area contributed by atoms with Crippen molar-refractivity contribution in [2.24, 2.45) is 5.73 Å². The van der Waals surface area contributed by atoms with Gasteiger partial charge in [0.15, 0.2) is 0 Å². The van der Waals surface area contributed by atoms with E-state index in [1.54, 1.807) is 12.4 Å². The molecule has 0 amide bonds. The number of nitriles is 1. The van der Waals surface area contributed by atoms with Crippen LogP contribution < -0.4 is 5.73 Å². The Kier molecular flexibility index (Phi) is 1.47. The van der Waals surface area contributed by atoms with Crippen molar-refractivity contribution < 1.29 is 0 Å². The fourth-order valence-electron chi connectivity index (χ4n) is 0.520. The van der Waals surface area contributed by atoms with Gasteiger partial charge >= 0.3 is 0 Å². The van der Waals surface area contributed by atoms with Crippen molar-refractivity contribution in [1.82, 2.24) is 9.78 Å². The molecule has 0 aliphatic rings. The van der Waals surface area contributed by atoms with E-state index in [9.17, 15) is 0 Å². The molecular formula is C5H6N4. The summed E-state index contributed by atoms with van der Waals surface area (Å²) in [5.74, 6) is 0. The summed E-state index contributed by atoms with van der Waals surface area (Å²) in [4.78, 5) is 0. The minimum absolute atomic E-state index is 0.432. The monoisotopic (exact) mass is 122 g/mol. The number of nitrogens with two attached hydrogens (primary N) is 1. The normalized spacial score (nSPS) is 8.89. The van der Waals surface area contributed by atoms with Crippen LogP contribution in [0.3, 0.4) is 0 Å². The molecular weight excluding hydrogens is 116 g/mol. The fourth-order valence-corrected chi connectivity index (χ4v) is 0.520. The maximum Gasteiger partial charge on any atom is 0.206 e. The van der Waals surface area contributed by atoms with Crippen LogP contribution in [0.4, 0.5) is 0 Å². The Hall–Kier alpha value is -1.34. The molecule has 1 aromatic heterocycles. The maximum absolute atomic E-state index is 8.26. The van der Waals surface area contributed by atoms with Crippen LogP contribution in [-0.2, 0) is 6.54 Å². The Bertz CT molecular complexity index is 231. The summed E-state index contributed by atoms with van der Waals surface area (Å²) in [5.41, 5.74) is 6.13. The van der Waals surface area contributed by atoms with E-state index in [0.29, 0.717) is 6.54 Å². The average molecular weight is 122 g/mol. The van der Waals surface area contributed by atoms with Gasteiger partial charge in [-0.3, -0.25) is 0 Å². The number of hydrogen-bond acceptors (Lipinski definition) is 3. The minimum Gasteiger partial charge on any atom is -0.326 e. The predicted molar refractivity (Wildman–Crippen MR) is 31.1 cm³/mol. The quantitative estimate of drug-likeness (QED) is 0.554. The average Bonchev–Trinajstić information content (AvgIpc) is 2.34. The highest BCUT2D eigenvalue weighted by Crippen LogP contribution is 1.92. The first-order chi connectivity index (χ1) is 4.36. The van der Waals surface area contributed by atoms with E-state index in [2.05, 4.69) is 5.10 Å². The van der Waals surface area contributed by atoms with E-state index < -0.39 is 0 Å². The van der Waals surface area contributed by atoms with Crippen LogP contribution in [0.15, 0.2) is 12.4 Å². The van der Waals surface area contributed by atoms with Gasteiger partial charge in [-0.25, -0.2) is 0 Å². The molecule has 1 aromatic rings. The van der Waals surface area contributed by atoms with Gasteiger partial charge in [0, 0.05) is 18.3 Å². The lowest BCUT2D eigenvalue weighted by Crippen LogP contribution is -1.93. The largest absolute Gasteiger partial charge is 0.326 e. The second kappa shape index (κ2) is 2.29. The molecule has 46 valence electrons. The third-order valence-electron chi connectivity index (χ3n) is 0.974. The van der Waals surface area contributed by atoms with Crippen LogP contribution >= 0.6 is 0 Å². The Morgan fingerprint density at radius 1 is 1.89 bits per heavy atom. The summed E-state index contributed by atoms with van der Waals surface area (Å²) in [6.45, 7) is 0.432. The van der Waals surface area contributed by atoms with Gasteiger partial charge in [-0.15, -0.1) is 0 Å². The number of rotatable bonds is 1. The number of aromatic nitrogens is 2. The highest BCUT2D eigenvalue weighted by Gasteiger charge is 1.91. The van der Waals surface area contributed by atoms with E-state index >= 15 is 0 Å². The molecule has 0 spiro atoms. The standard InChI is InChI=1S/C5H6N4/c6-1-5-2-8-9(3-5)4-7/h2-3H,1,6H2. The van der Waals surface area contributed by atoms with Gasteiger partial charge in [-0.05, 0) is 0 Å². The summed E-state index contributed by atoms with van der Waals surface area (Å²) in [5, 5.41) is 11.9. The van der Waals surface area contributed by atoms with E-state index in [1.807, 2.05) is 6.19 Å². The fraction of sp³-hybridized carbons (Fsp3) is 0.200. The molecule has 1 heterocycles. The van der Waals surface area contributed by atoms with Crippen LogP contribution in [0.2, 0.25) is 0 Å². The third kappa shape index (κ3) is 1.06. The first-order valence-electron chi connectivity index (χ1n) is 2.50. The van der Waals surface area contributed by atoms with E-state index in [4.69, 9.17) is 11.0 Å². The van der Waals surface area contributed by atoms with E-state index in [1.165, 1.54) is 4.68 Å². The molecule has 0 saturated heterocycles. The summed E-state index contributed by atoms with van der Waals surface area (Å²) in [7, 11) is 0. The van der Waals surface area contributed by atoms with Gasteiger partial charge in [0.1, 0.15) is 0 Å². The van der Waals surface area contributed by atoms with Crippen LogP contribution in [0.25, 0.3) is 0 Å². The zero-order valence-corrected chi connectivity index (χ0v) is 4.78. The van der Waals surface area contributed by atoms with Crippen molar-refractivity contribution in [2.75, 3.05) is 0 Å². The molecule has 4 heteroatoms. The lowest BCUT2D eigenvalue weighted by molar-refractivity contribution is 0.897. The molecule has 0 radical (unpaired) electrons. The Balaban J connectivity index is 2.90. The lowest BCUT2D eigenvalue weighted by atomic mass is 10.4. The molecule has 9 heavy (non-hydrogen) atoms. The second-order valence-electron chi connectivity index (χ2n) is 1.60. The molecule has 4 nitrogen and oxygen atoms in total. The summed E-state index contributed by atoms with van der Waals surface area (Å²) >= 11 is 0. The number of hydrogen-bond donors (Lipinski definition) is 1. The SMILES string of the molecule is N#Cn1cc(CN)cn1. The van der Waals surface area contributed by atoms with Gasteiger partial charge in [-0.2, -0.15) is 15.0 Å². The van der Waals surface area contributed by atoms with Gasteiger partial charge in [-0.1, -0.05) is 0 Å². The molecule has 0 aliphatic heterocycles. The van der Waals surface area contributed by atoms with Crippen molar-refractivity contribution in [3.63, 3.8) is 0 Å². The molecule has 0 aromatic carbocycles. The summed E-state index contributed by atoms with van der Waals surface area (Å²) in [6, 6.07) is 0. The van der Waals surface area contributed by atoms with Gasteiger partial charge in [0.05, 0.1) is 6.20 Å². The molecule has 1 rings (SSSR count). The Morgan fingerprint density at radius 3 is 3.00 bits per heavy atom.